The number of anilines is 1. The second-order valence-corrected chi connectivity index (χ2v) is 9.45. The molecule has 0 spiro atoms. The molecule has 2 aromatic heterocycles. The summed E-state index contributed by atoms with van der Waals surface area (Å²) in [5.41, 5.74) is 3.88. The normalized spacial score (nSPS) is 11.1. The van der Waals surface area contributed by atoms with Gasteiger partial charge in [0, 0.05) is 26.1 Å². The lowest BCUT2D eigenvalue weighted by atomic mass is 9.97. The van der Waals surface area contributed by atoms with E-state index >= 15 is 0 Å². The van der Waals surface area contributed by atoms with Crippen LogP contribution in [0.15, 0.2) is 72.8 Å². The number of hydrogen-bond donors (Lipinski definition) is 1. The third kappa shape index (κ3) is 4.27. The molecule has 35 heavy (non-hydrogen) atoms. The maximum Gasteiger partial charge on any atom is 0.341 e. The van der Waals surface area contributed by atoms with Gasteiger partial charge < -0.3 is 10.1 Å². The maximum atomic E-state index is 13.8. The number of rotatable bonds is 5. The van der Waals surface area contributed by atoms with Gasteiger partial charge in [-0.1, -0.05) is 60.1 Å². The quantitative estimate of drug-likeness (QED) is 0.253. The summed E-state index contributed by atoms with van der Waals surface area (Å²) < 4.78 is 6.19. The van der Waals surface area contributed by atoms with Gasteiger partial charge in [-0.2, -0.15) is 0 Å². The molecule has 0 fully saturated rings. The Hall–Kier alpha value is -3.74. The molecule has 5 nitrogen and oxygen atoms in total. The minimum Gasteiger partial charge on any atom is -0.462 e. The highest BCUT2D eigenvalue weighted by atomic mass is 35.5. The summed E-state index contributed by atoms with van der Waals surface area (Å²) in [7, 11) is 0. The van der Waals surface area contributed by atoms with Crippen molar-refractivity contribution in [2.45, 2.75) is 13.8 Å². The smallest absolute Gasteiger partial charge is 0.341 e. The van der Waals surface area contributed by atoms with E-state index in [1.54, 1.807) is 19.1 Å². The van der Waals surface area contributed by atoms with E-state index < -0.39 is 5.97 Å². The number of carbonyl (C=O) groups is 2. The van der Waals surface area contributed by atoms with Gasteiger partial charge in [0.15, 0.2) is 0 Å². The molecule has 5 aromatic rings. The Kier molecular flexibility index (Phi) is 6.24. The van der Waals surface area contributed by atoms with Crippen molar-refractivity contribution >= 4 is 60.8 Å². The molecule has 0 aliphatic carbocycles. The lowest BCUT2D eigenvalue weighted by Gasteiger charge is -2.15. The first kappa shape index (κ1) is 23.0. The number of esters is 1. The maximum absolute atomic E-state index is 13.8. The van der Waals surface area contributed by atoms with Crippen molar-refractivity contribution in [2.75, 3.05) is 11.9 Å². The van der Waals surface area contributed by atoms with Crippen molar-refractivity contribution in [1.82, 2.24) is 4.98 Å². The van der Waals surface area contributed by atoms with Gasteiger partial charge in [0.1, 0.15) is 10.6 Å². The average Bonchev–Trinajstić information content (AvgIpc) is 3.22. The van der Waals surface area contributed by atoms with E-state index in [9.17, 15) is 9.59 Å². The van der Waals surface area contributed by atoms with Crippen molar-refractivity contribution in [1.29, 1.82) is 0 Å². The number of halogens is 1. The van der Waals surface area contributed by atoms with Crippen LogP contribution in [0.3, 0.4) is 0 Å². The van der Waals surface area contributed by atoms with E-state index in [0.717, 1.165) is 26.6 Å². The fraction of sp³-hybridized carbons (Fsp3) is 0.107. The van der Waals surface area contributed by atoms with Crippen LogP contribution in [-0.2, 0) is 4.74 Å². The Bertz CT molecular complexity index is 1590. The minimum absolute atomic E-state index is 0.245. The van der Waals surface area contributed by atoms with Crippen LogP contribution in [-0.4, -0.2) is 23.5 Å². The highest BCUT2D eigenvalue weighted by molar-refractivity contribution is 7.23. The molecule has 0 aliphatic heterocycles. The number of carbonyl (C=O) groups excluding carboxylic acids is 2. The Balaban J connectivity index is 1.65. The van der Waals surface area contributed by atoms with Crippen LogP contribution >= 0.6 is 22.9 Å². The third-order valence-electron chi connectivity index (χ3n) is 5.78. The number of benzene rings is 3. The van der Waals surface area contributed by atoms with Gasteiger partial charge in [-0.15, -0.1) is 11.3 Å². The number of para-hydroxylation sites is 1. The predicted octanol–water partition coefficient (Wildman–Crippen LogP) is 7.51. The topological polar surface area (TPSA) is 68.3 Å². The molecule has 174 valence electrons. The van der Waals surface area contributed by atoms with Gasteiger partial charge in [-0.05, 0) is 43.7 Å². The van der Waals surface area contributed by atoms with Crippen LogP contribution in [0.5, 0.6) is 0 Å². The van der Waals surface area contributed by atoms with Gasteiger partial charge in [0.25, 0.3) is 5.91 Å². The third-order valence-corrected chi connectivity index (χ3v) is 7.12. The van der Waals surface area contributed by atoms with E-state index in [2.05, 4.69) is 5.32 Å². The molecular weight excluding hydrogens is 480 g/mol. The van der Waals surface area contributed by atoms with E-state index in [4.69, 9.17) is 21.3 Å². The van der Waals surface area contributed by atoms with Crippen LogP contribution in [0.1, 0.15) is 33.2 Å². The molecule has 2 heterocycles. The molecule has 1 N–H and O–H groups in total. The molecule has 0 radical (unpaired) electrons. The minimum atomic E-state index is -0.460. The predicted molar refractivity (Wildman–Crippen MR) is 143 cm³/mol. The molecule has 3 aromatic carbocycles. The van der Waals surface area contributed by atoms with Gasteiger partial charge in [-0.3, -0.25) is 4.79 Å². The second-order valence-electron chi connectivity index (χ2n) is 7.96. The van der Waals surface area contributed by atoms with Crippen LogP contribution in [0.25, 0.3) is 32.2 Å². The summed E-state index contributed by atoms with van der Waals surface area (Å²) in [6.45, 7) is 3.89. The zero-order chi connectivity index (χ0) is 24.5. The number of thiophene rings is 1. The van der Waals surface area contributed by atoms with E-state index in [1.807, 2.05) is 67.6 Å². The van der Waals surface area contributed by atoms with Crippen molar-refractivity contribution in [3.63, 3.8) is 0 Å². The molecule has 0 bridgehead atoms. The van der Waals surface area contributed by atoms with Gasteiger partial charge >= 0.3 is 5.97 Å². The molecule has 5 rings (SSSR count). The van der Waals surface area contributed by atoms with E-state index in [0.29, 0.717) is 32.4 Å². The van der Waals surface area contributed by atoms with Crippen molar-refractivity contribution in [2.24, 2.45) is 0 Å². The first-order valence-corrected chi connectivity index (χ1v) is 12.3. The first-order valence-electron chi connectivity index (χ1n) is 11.1. The number of aromatic nitrogens is 1. The SMILES string of the molecule is CCOC(=O)c1c(NC(=O)c2c(C)c(-c3ccc(Cl)cc3)nc3ccccc23)sc2ccccc12. The van der Waals surface area contributed by atoms with Crippen molar-refractivity contribution in [3.05, 3.63) is 94.5 Å². The second kappa shape index (κ2) is 9.49. The standard InChI is InChI=1S/C28H21ClN2O3S/c1-3-34-28(33)24-20-9-5-7-11-22(20)35-27(24)31-26(32)23-16(2)25(17-12-14-18(29)15-13-17)30-21-10-6-4-8-19(21)23/h4-15H,3H2,1-2H3,(H,31,32). The molecule has 0 unspecified atom stereocenters. The van der Waals surface area contributed by atoms with Crippen LogP contribution in [0.4, 0.5) is 5.00 Å². The number of nitrogens with zero attached hydrogens (tertiary/aromatic N) is 1. The van der Waals surface area contributed by atoms with Crippen LogP contribution < -0.4 is 5.32 Å². The van der Waals surface area contributed by atoms with E-state index in [-0.39, 0.29) is 12.5 Å². The average molecular weight is 501 g/mol. The molecular formula is C28H21ClN2O3S. The summed E-state index contributed by atoms with van der Waals surface area (Å²) in [6, 6.07) is 22.5. The fourth-order valence-electron chi connectivity index (χ4n) is 4.19. The summed E-state index contributed by atoms with van der Waals surface area (Å²) in [5, 5.41) is 5.58. The molecule has 0 saturated carbocycles. The molecule has 0 saturated heterocycles. The number of ether oxygens (including phenoxy) is 1. The van der Waals surface area contributed by atoms with E-state index in [1.165, 1.54) is 11.3 Å². The van der Waals surface area contributed by atoms with Gasteiger partial charge in [0.05, 0.1) is 23.4 Å². The molecule has 0 aliphatic rings. The lowest BCUT2D eigenvalue weighted by molar-refractivity contribution is 0.0530. The lowest BCUT2D eigenvalue weighted by Crippen LogP contribution is -2.17. The number of amides is 1. The molecule has 7 heteroatoms. The molecule has 1 amide bonds. The number of pyridine rings is 1. The van der Waals surface area contributed by atoms with Gasteiger partial charge in [0.2, 0.25) is 0 Å². The zero-order valence-corrected chi connectivity index (χ0v) is 20.7. The van der Waals surface area contributed by atoms with Crippen molar-refractivity contribution in [3.8, 4) is 11.3 Å². The highest BCUT2D eigenvalue weighted by Gasteiger charge is 2.24. The van der Waals surface area contributed by atoms with Crippen LogP contribution in [0.2, 0.25) is 5.02 Å². The van der Waals surface area contributed by atoms with Gasteiger partial charge in [-0.25, -0.2) is 9.78 Å². The Morgan fingerprint density at radius 3 is 2.37 bits per heavy atom. The zero-order valence-electron chi connectivity index (χ0n) is 19.1. The number of hydrogen-bond acceptors (Lipinski definition) is 5. The highest BCUT2D eigenvalue weighted by Crippen LogP contribution is 2.37. The summed E-state index contributed by atoms with van der Waals surface area (Å²) >= 11 is 7.43. The molecule has 0 atom stereocenters. The first-order chi connectivity index (χ1) is 17.0. The Morgan fingerprint density at radius 1 is 0.943 bits per heavy atom. The monoisotopic (exact) mass is 500 g/mol. The number of fused-ring (bicyclic) bond motifs is 2. The Morgan fingerprint density at radius 2 is 1.63 bits per heavy atom. The van der Waals surface area contributed by atoms with Crippen LogP contribution in [0, 0.1) is 6.92 Å². The Labute approximate surface area is 211 Å². The number of nitrogens with one attached hydrogen (secondary N) is 1. The summed E-state index contributed by atoms with van der Waals surface area (Å²) in [5.74, 6) is -0.771. The van der Waals surface area contributed by atoms with Crippen molar-refractivity contribution < 1.29 is 14.3 Å². The largest absolute Gasteiger partial charge is 0.462 e. The summed E-state index contributed by atoms with van der Waals surface area (Å²) in [4.78, 5) is 31.4. The fourth-order valence-corrected chi connectivity index (χ4v) is 5.41. The summed E-state index contributed by atoms with van der Waals surface area (Å²) in [6.07, 6.45) is 0.